The number of nitrogens with zero attached hydrogens (tertiary/aromatic N) is 1. The molecule has 0 saturated carbocycles. The molecule has 0 atom stereocenters. The molecule has 0 fully saturated rings. The molecule has 2 amide bonds. The number of rotatable bonds is 2. The first-order valence-corrected chi connectivity index (χ1v) is 7.53. The van der Waals surface area contributed by atoms with Gasteiger partial charge in [-0.25, -0.2) is 0 Å². The van der Waals surface area contributed by atoms with E-state index in [9.17, 15) is 9.59 Å². The molecular weight excluding hydrogens is 316 g/mol. The maximum absolute atomic E-state index is 12.8. The third-order valence-corrected chi connectivity index (χ3v) is 3.95. The first kappa shape index (κ1) is 15.4. The third kappa shape index (κ3) is 3.14. The minimum atomic E-state index is -0.678. The highest BCUT2D eigenvalue weighted by Crippen LogP contribution is 2.24. The van der Waals surface area contributed by atoms with Gasteiger partial charge in [0.2, 0.25) is 5.91 Å². The summed E-state index contributed by atoms with van der Waals surface area (Å²) in [4.78, 5) is 26.1. The molecule has 2 aromatic rings. The number of amides is 2. The van der Waals surface area contributed by atoms with E-state index in [1.54, 1.807) is 11.0 Å². The van der Waals surface area contributed by atoms with Gasteiger partial charge in [-0.15, -0.1) is 0 Å². The van der Waals surface area contributed by atoms with Crippen molar-refractivity contribution in [1.29, 1.82) is 0 Å². The Morgan fingerprint density at radius 2 is 1.91 bits per heavy atom. The minimum absolute atomic E-state index is 0.126. The van der Waals surface area contributed by atoms with E-state index in [2.05, 4.69) is 0 Å². The monoisotopic (exact) mass is 330 g/mol. The summed E-state index contributed by atoms with van der Waals surface area (Å²) in [6.07, 6.45) is 0. The molecule has 0 radical (unpaired) electrons. The quantitative estimate of drug-likeness (QED) is 0.919. The van der Waals surface area contributed by atoms with Crippen molar-refractivity contribution in [1.82, 2.24) is 4.90 Å². The third-order valence-electron chi connectivity index (χ3n) is 3.72. The number of carbonyl (C=O) groups is 2. The maximum atomic E-state index is 12.8. The van der Waals surface area contributed by atoms with E-state index in [-0.39, 0.29) is 17.0 Å². The van der Waals surface area contributed by atoms with E-state index in [1.165, 1.54) is 12.1 Å². The standard InChI is InChI=1S/C17H15ClN2O3/c18-12-5-6-13(14(9-12)16(19)21)17(22)20-7-8-23-15-4-2-1-3-11(15)10-20/h1-6,9H,7-8,10H2,(H2,19,21). The van der Waals surface area contributed by atoms with Crippen LogP contribution in [0, 0.1) is 0 Å². The Labute approximate surface area is 138 Å². The number of hydrogen-bond donors (Lipinski definition) is 1. The number of fused-ring (bicyclic) bond motifs is 1. The Kier molecular flexibility index (Phi) is 4.21. The number of benzene rings is 2. The van der Waals surface area contributed by atoms with E-state index in [0.717, 1.165) is 11.3 Å². The number of para-hydroxylation sites is 1. The molecule has 0 unspecified atom stereocenters. The van der Waals surface area contributed by atoms with E-state index in [0.29, 0.717) is 24.7 Å². The van der Waals surface area contributed by atoms with Crippen LogP contribution in [0.3, 0.4) is 0 Å². The van der Waals surface area contributed by atoms with Crippen LogP contribution in [0.2, 0.25) is 5.02 Å². The summed E-state index contributed by atoms with van der Waals surface area (Å²) in [5, 5.41) is 0.361. The molecule has 2 aromatic carbocycles. The Morgan fingerprint density at radius 1 is 1.13 bits per heavy atom. The van der Waals surface area contributed by atoms with Crippen molar-refractivity contribution in [2.45, 2.75) is 6.54 Å². The predicted octanol–water partition coefficient (Wildman–Crippen LogP) is 2.47. The molecule has 0 aromatic heterocycles. The topological polar surface area (TPSA) is 72.6 Å². The fourth-order valence-electron chi connectivity index (χ4n) is 2.58. The van der Waals surface area contributed by atoms with Crippen LogP contribution in [0.4, 0.5) is 0 Å². The normalized spacial score (nSPS) is 13.7. The second-order valence-corrected chi connectivity index (χ2v) is 5.67. The largest absolute Gasteiger partial charge is 0.491 e. The van der Waals surface area contributed by atoms with Gasteiger partial charge in [0.25, 0.3) is 5.91 Å². The van der Waals surface area contributed by atoms with Crippen LogP contribution in [-0.4, -0.2) is 29.9 Å². The lowest BCUT2D eigenvalue weighted by molar-refractivity contribution is 0.0728. The molecular formula is C17H15ClN2O3. The van der Waals surface area contributed by atoms with Crippen molar-refractivity contribution in [3.63, 3.8) is 0 Å². The average molecular weight is 331 g/mol. The van der Waals surface area contributed by atoms with Gasteiger partial charge in [-0.05, 0) is 24.3 Å². The second-order valence-electron chi connectivity index (χ2n) is 5.24. The van der Waals surface area contributed by atoms with Gasteiger partial charge in [0.15, 0.2) is 0 Å². The van der Waals surface area contributed by atoms with Crippen LogP contribution in [0.5, 0.6) is 5.75 Å². The van der Waals surface area contributed by atoms with E-state index in [1.807, 2.05) is 24.3 Å². The van der Waals surface area contributed by atoms with Crippen molar-refractivity contribution in [3.05, 3.63) is 64.2 Å². The van der Waals surface area contributed by atoms with Gasteiger partial charge in [-0.2, -0.15) is 0 Å². The van der Waals surface area contributed by atoms with E-state index < -0.39 is 5.91 Å². The number of ether oxygens (including phenoxy) is 1. The number of primary amides is 1. The first-order chi connectivity index (χ1) is 11.1. The number of halogens is 1. The van der Waals surface area contributed by atoms with Crippen LogP contribution >= 0.6 is 11.6 Å². The van der Waals surface area contributed by atoms with Crippen LogP contribution < -0.4 is 10.5 Å². The molecule has 1 heterocycles. The molecule has 1 aliphatic rings. The minimum Gasteiger partial charge on any atom is -0.491 e. The van der Waals surface area contributed by atoms with Gasteiger partial charge in [-0.3, -0.25) is 9.59 Å². The molecule has 2 N–H and O–H groups in total. The van der Waals surface area contributed by atoms with Crippen LogP contribution in [-0.2, 0) is 6.54 Å². The van der Waals surface area contributed by atoms with Gasteiger partial charge in [0, 0.05) is 17.1 Å². The second kappa shape index (κ2) is 6.30. The van der Waals surface area contributed by atoms with Crippen molar-refractivity contribution in [2.24, 2.45) is 5.73 Å². The molecule has 6 heteroatoms. The van der Waals surface area contributed by atoms with Gasteiger partial charge in [0.05, 0.1) is 17.7 Å². The highest BCUT2D eigenvalue weighted by molar-refractivity contribution is 6.31. The number of hydrogen-bond acceptors (Lipinski definition) is 3. The Morgan fingerprint density at radius 3 is 2.70 bits per heavy atom. The fraction of sp³-hybridized carbons (Fsp3) is 0.176. The summed E-state index contributed by atoms with van der Waals surface area (Å²) in [5.74, 6) is -0.174. The first-order valence-electron chi connectivity index (χ1n) is 7.15. The molecule has 3 rings (SSSR count). The molecule has 0 spiro atoms. The fourth-order valence-corrected chi connectivity index (χ4v) is 2.75. The summed E-state index contributed by atoms with van der Waals surface area (Å²) in [6.45, 7) is 1.23. The van der Waals surface area contributed by atoms with Crippen molar-refractivity contribution in [3.8, 4) is 5.75 Å². The molecule has 23 heavy (non-hydrogen) atoms. The van der Waals surface area contributed by atoms with Gasteiger partial charge < -0.3 is 15.4 Å². The van der Waals surface area contributed by atoms with Gasteiger partial charge in [-0.1, -0.05) is 29.8 Å². The van der Waals surface area contributed by atoms with E-state index >= 15 is 0 Å². The van der Waals surface area contributed by atoms with E-state index in [4.69, 9.17) is 22.1 Å². The molecule has 1 aliphatic heterocycles. The maximum Gasteiger partial charge on any atom is 0.255 e. The zero-order valence-corrected chi connectivity index (χ0v) is 13.0. The molecule has 0 bridgehead atoms. The van der Waals surface area contributed by atoms with Gasteiger partial charge >= 0.3 is 0 Å². The Bertz CT molecular complexity index is 776. The zero-order chi connectivity index (χ0) is 16.4. The number of carbonyl (C=O) groups excluding carboxylic acids is 2. The summed E-state index contributed by atoms with van der Waals surface area (Å²) in [6, 6.07) is 12.1. The zero-order valence-electron chi connectivity index (χ0n) is 12.3. The summed E-state index contributed by atoms with van der Waals surface area (Å²) < 4.78 is 5.65. The van der Waals surface area contributed by atoms with Crippen molar-refractivity contribution >= 4 is 23.4 Å². The lowest BCUT2D eigenvalue weighted by Crippen LogP contribution is -2.34. The highest BCUT2D eigenvalue weighted by Gasteiger charge is 2.24. The van der Waals surface area contributed by atoms with Crippen LogP contribution in [0.15, 0.2) is 42.5 Å². The lowest BCUT2D eigenvalue weighted by Gasteiger charge is -2.21. The summed E-state index contributed by atoms with van der Waals surface area (Å²) in [7, 11) is 0. The van der Waals surface area contributed by atoms with Crippen LogP contribution in [0.25, 0.3) is 0 Å². The molecule has 5 nitrogen and oxygen atoms in total. The SMILES string of the molecule is NC(=O)c1cc(Cl)ccc1C(=O)N1CCOc2ccccc2C1. The van der Waals surface area contributed by atoms with Crippen molar-refractivity contribution < 1.29 is 14.3 Å². The smallest absolute Gasteiger partial charge is 0.255 e. The molecule has 118 valence electrons. The average Bonchev–Trinajstić information content (AvgIpc) is 2.76. The molecule has 0 aliphatic carbocycles. The predicted molar refractivity (Wildman–Crippen MR) is 86.6 cm³/mol. The summed E-state index contributed by atoms with van der Waals surface area (Å²) >= 11 is 5.89. The Hall–Kier alpha value is -2.53. The summed E-state index contributed by atoms with van der Waals surface area (Å²) in [5.41, 5.74) is 6.67. The van der Waals surface area contributed by atoms with Gasteiger partial charge in [0.1, 0.15) is 12.4 Å². The Balaban J connectivity index is 1.93. The number of nitrogens with two attached hydrogens (primary N) is 1. The highest BCUT2D eigenvalue weighted by atomic mass is 35.5. The van der Waals surface area contributed by atoms with Crippen LogP contribution in [0.1, 0.15) is 26.3 Å². The molecule has 0 saturated heterocycles. The van der Waals surface area contributed by atoms with Crippen molar-refractivity contribution in [2.75, 3.05) is 13.2 Å². The lowest BCUT2D eigenvalue weighted by atomic mass is 10.1.